The molecule has 2 unspecified atom stereocenters. The van der Waals surface area contributed by atoms with Gasteiger partial charge < -0.3 is 4.74 Å². The highest BCUT2D eigenvalue weighted by Gasteiger charge is 2.22. The predicted molar refractivity (Wildman–Crippen MR) is 76.7 cm³/mol. The van der Waals surface area contributed by atoms with E-state index in [1.54, 1.807) is 11.8 Å². The zero-order chi connectivity index (χ0) is 13.5. The average molecular weight is 266 g/mol. The van der Waals surface area contributed by atoms with E-state index in [9.17, 15) is 4.79 Å². The maximum atomic E-state index is 11.8. The molecule has 2 nitrogen and oxygen atoms in total. The number of carbonyl (C=O) groups is 1. The summed E-state index contributed by atoms with van der Waals surface area (Å²) in [6.07, 6.45) is 0. The van der Waals surface area contributed by atoms with Crippen LogP contribution >= 0.6 is 11.8 Å². The van der Waals surface area contributed by atoms with Crippen LogP contribution in [0.3, 0.4) is 0 Å². The van der Waals surface area contributed by atoms with Crippen molar-refractivity contribution in [1.82, 2.24) is 0 Å². The monoisotopic (exact) mass is 266 g/mol. The number of rotatable bonds is 6. The molecule has 0 aromatic heterocycles. The van der Waals surface area contributed by atoms with Gasteiger partial charge in [0.25, 0.3) is 0 Å². The molecule has 0 aliphatic heterocycles. The van der Waals surface area contributed by atoms with Gasteiger partial charge in [-0.05, 0) is 18.1 Å². The van der Waals surface area contributed by atoms with Gasteiger partial charge in [-0.25, -0.2) is 0 Å². The van der Waals surface area contributed by atoms with Gasteiger partial charge in [0.2, 0.25) is 0 Å². The van der Waals surface area contributed by atoms with Crippen molar-refractivity contribution in [1.29, 1.82) is 0 Å². The summed E-state index contributed by atoms with van der Waals surface area (Å²) in [5.41, 5.74) is 0. The van der Waals surface area contributed by atoms with Crippen LogP contribution in [0.15, 0.2) is 35.2 Å². The van der Waals surface area contributed by atoms with E-state index in [0.29, 0.717) is 12.5 Å². The molecule has 0 saturated carbocycles. The minimum absolute atomic E-state index is 0.0889. The Balaban J connectivity index is 2.45. The number of hydrogen-bond donors (Lipinski definition) is 0. The van der Waals surface area contributed by atoms with Gasteiger partial charge in [-0.3, -0.25) is 4.79 Å². The third-order valence-electron chi connectivity index (χ3n) is 2.70. The zero-order valence-electron chi connectivity index (χ0n) is 11.6. The summed E-state index contributed by atoms with van der Waals surface area (Å²) in [5.74, 6) is 0.201. The van der Waals surface area contributed by atoms with Crippen LogP contribution in [0.1, 0.15) is 27.7 Å². The minimum atomic E-state index is -0.0976. The minimum Gasteiger partial charge on any atom is -0.465 e. The first-order valence-corrected chi connectivity index (χ1v) is 7.27. The molecule has 1 aromatic carbocycles. The quantitative estimate of drug-likeness (QED) is 0.575. The van der Waals surface area contributed by atoms with Crippen molar-refractivity contribution in [2.75, 3.05) is 6.61 Å². The van der Waals surface area contributed by atoms with E-state index in [2.05, 4.69) is 19.1 Å². The molecular weight excluding hydrogens is 244 g/mol. The second-order valence-corrected chi connectivity index (χ2v) is 6.40. The van der Waals surface area contributed by atoms with Crippen molar-refractivity contribution in [2.45, 2.75) is 37.8 Å². The van der Waals surface area contributed by atoms with E-state index in [0.717, 1.165) is 0 Å². The van der Waals surface area contributed by atoms with Gasteiger partial charge >= 0.3 is 5.97 Å². The number of benzene rings is 1. The van der Waals surface area contributed by atoms with E-state index in [-0.39, 0.29) is 17.1 Å². The van der Waals surface area contributed by atoms with Gasteiger partial charge in [0.1, 0.15) is 0 Å². The maximum Gasteiger partial charge on any atom is 0.309 e. The summed E-state index contributed by atoms with van der Waals surface area (Å²) < 4.78 is 5.27. The average Bonchev–Trinajstić information content (AvgIpc) is 2.36. The second kappa shape index (κ2) is 7.47. The van der Waals surface area contributed by atoms with Crippen LogP contribution in [0.2, 0.25) is 0 Å². The fourth-order valence-corrected chi connectivity index (χ4v) is 2.45. The molecule has 0 N–H and O–H groups in total. The van der Waals surface area contributed by atoms with E-state index in [1.807, 2.05) is 39.0 Å². The van der Waals surface area contributed by atoms with Crippen LogP contribution in [-0.4, -0.2) is 17.8 Å². The predicted octanol–water partition coefficient (Wildman–Crippen LogP) is 4.00. The Morgan fingerprint density at radius 2 is 1.78 bits per heavy atom. The topological polar surface area (TPSA) is 26.3 Å². The molecule has 0 aliphatic rings. The number of carbonyl (C=O) groups excluding carboxylic acids is 1. The molecule has 0 radical (unpaired) electrons. The van der Waals surface area contributed by atoms with Crippen LogP contribution in [0.4, 0.5) is 0 Å². The molecule has 0 heterocycles. The molecule has 0 fully saturated rings. The molecule has 0 amide bonds. The van der Waals surface area contributed by atoms with Gasteiger partial charge in [0.05, 0.1) is 12.5 Å². The molecule has 0 spiro atoms. The zero-order valence-corrected chi connectivity index (χ0v) is 12.4. The molecule has 3 heteroatoms. The van der Waals surface area contributed by atoms with E-state index >= 15 is 0 Å². The Morgan fingerprint density at radius 1 is 1.17 bits per heavy atom. The summed E-state index contributed by atoms with van der Waals surface area (Å²) in [6, 6.07) is 10.1. The summed E-state index contributed by atoms with van der Waals surface area (Å²) in [4.78, 5) is 13.0. The van der Waals surface area contributed by atoms with Crippen molar-refractivity contribution in [3.05, 3.63) is 30.3 Å². The summed E-state index contributed by atoms with van der Waals surface area (Å²) in [7, 11) is 0. The standard InChI is InChI=1S/C15H22O2S/c1-11(2)10-17-15(16)12(3)13(4)18-14-8-6-5-7-9-14/h5-9,11-13H,10H2,1-4H3. The van der Waals surface area contributed by atoms with Crippen molar-refractivity contribution < 1.29 is 9.53 Å². The number of thioether (sulfide) groups is 1. The lowest BCUT2D eigenvalue weighted by Crippen LogP contribution is -2.24. The molecule has 1 rings (SSSR count). The molecule has 0 aliphatic carbocycles. The van der Waals surface area contributed by atoms with Crippen molar-refractivity contribution in [2.24, 2.45) is 11.8 Å². The maximum absolute atomic E-state index is 11.8. The second-order valence-electron chi connectivity index (χ2n) is 4.95. The highest BCUT2D eigenvalue weighted by atomic mass is 32.2. The molecule has 0 bridgehead atoms. The normalized spacial score (nSPS) is 14.3. The van der Waals surface area contributed by atoms with Crippen LogP contribution in [0.5, 0.6) is 0 Å². The lowest BCUT2D eigenvalue weighted by Gasteiger charge is -2.19. The molecule has 2 atom stereocenters. The summed E-state index contributed by atoms with van der Waals surface area (Å²) in [6.45, 7) is 8.59. The summed E-state index contributed by atoms with van der Waals surface area (Å²) >= 11 is 1.71. The van der Waals surface area contributed by atoms with Crippen molar-refractivity contribution >= 4 is 17.7 Å². The van der Waals surface area contributed by atoms with Crippen LogP contribution < -0.4 is 0 Å². The molecule has 18 heavy (non-hydrogen) atoms. The van der Waals surface area contributed by atoms with E-state index in [1.165, 1.54) is 4.90 Å². The first-order chi connectivity index (χ1) is 8.50. The molecule has 100 valence electrons. The highest BCUT2D eigenvalue weighted by Crippen LogP contribution is 2.28. The smallest absolute Gasteiger partial charge is 0.309 e. The Kier molecular flexibility index (Phi) is 6.27. The molecule has 0 saturated heterocycles. The molecular formula is C15H22O2S. The van der Waals surface area contributed by atoms with E-state index in [4.69, 9.17) is 4.74 Å². The first-order valence-electron chi connectivity index (χ1n) is 6.39. The lowest BCUT2D eigenvalue weighted by atomic mass is 10.1. The third-order valence-corrected chi connectivity index (χ3v) is 4.02. The van der Waals surface area contributed by atoms with Crippen LogP contribution in [0, 0.1) is 11.8 Å². The number of esters is 1. The Hall–Kier alpha value is -0.960. The highest BCUT2D eigenvalue weighted by molar-refractivity contribution is 8.00. The fraction of sp³-hybridized carbons (Fsp3) is 0.533. The Labute approximate surface area is 114 Å². The van der Waals surface area contributed by atoms with Crippen LogP contribution in [0.25, 0.3) is 0 Å². The van der Waals surface area contributed by atoms with E-state index < -0.39 is 0 Å². The Bertz CT molecular complexity index is 362. The SMILES string of the molecule is CC(C)COC(=O)C(C)C(C)Sc1ccccc1. The number of hydrogen-bond acceptors (Lipinski definition) is 3. The summed E-state index contributed by atoms with van der Waals surface area (Å²) in [5, 5.41) is 0.215. The third kappa shape index (κ3) is 5.13. The van der Waals surface area contributed by atoms with Gasteiger partial charge in [-0.1, -0.05) is 45.9 Å². The van der Waals surface area contributed by atoms with Gasteiger partial charge in [0, 0.05) is 10.1 Å². The Morgan fingerprint density at radius 3 is 2.33 bits per heavy atom. The van der Waals surface area contributed by atoms with Crippen LogP contribution in [-0.2, 0) is 9.53 Å². The largest absolute Gasteiger partial charge is 0.465 e. The lowest BCUT2D eigenvalue weighted by molar-refractivity contribution is -0.148. The van der Waals surface area contributed by atoms with Crippen molar-refractivity contribution in [3.8, 4) is 0 Å². The molecule has 1 aromatic rings. The fourth-order valence-electron chi connectivity index (χ4n) is 1.39. The van der Waals surface area contributed by atoms with Gasteiger partial charge in [-0.2, -0.15) is 0 Å². The van der Waals surface area contributed by atoms with Crippen molar-refractivity contribution in [3.63, 3.8) is 0 Å². The van der Waals surface area contributed by atoms with Gasteiger partial charge in [-0.15, -0.1) is 11.8 Å². The van der Waals surface area contributed by atoms with Gasteiger partial charge in [0.15, 0.2) is 0 Å². The number of ether oxygens (including phenoxy) is 1. The first kappa shape index (κ1) is 15.1.